The Kier molecular flexibility index (Phi) is 15.1. The van der Waals surface area contributed by atoms with Crippen molar-refractivity contribution in [1.82, 2.24) is 19.6 Å². The fourth-order valence-corrected chi connectivity index (χ4v) is 9.21. The molecule has 2 aromatic rings. The number of phenolic OH excluding ortho intramolecular Hbond substituents is 1. The lowest BCUT2D eigenvalue weighted by Crippen LogP contribution is -2.51. The first-order valence-electron chi connectivity index (χ1n) is 20.9. The van der Waals surface area contributed by atoms with Gasteiger partial charge in [-0.3, -0.25) is 14.4 Å². The lowest BCUT2D eigenvalue weighted by Gasteiger charge is -2.38. The quantitative estimate of drug-likeness (QED) is 0.223. The van der Waals surface area contributed by atoms with E-state index in [4.69, 9.17) is 9.47 Å². The topological polar surface area (TPSA) is 149 Å². The second-order valence-electron chi connectivity index (χ2n) is 15.9. The third kappa shape index (κ3) is 11.6. The number of ether oxygens (including phenoxy) is 2. The smallest absolute Gasteiger partial charge is 0.410 e. The molecule has 0 spiro atoms. The van der Waals surface area contributed by atoms with E-state index in [2.05, 4.69) is 21.2 Å². The second-order valence-corrected chi connectivity index (χ2v) is 16.8. The van der Waals surface area contributed by atoms with Gasteiger partial charge in [0.05, 0.1) is 17.5 Å². The number of esters is 1. The standard InChI is InChI=1S/C43H58BrN5O8/c1-2-56-40(52)14-13-39(51)46-21-5-6-30(15-22-46)9-10-31-16-23-47(24-17-31)41(53)38(29-32-11-12-37(50)35(44)28-32)57-43(55)48-25-19-34(20-26-48)49-27-18-33-7-3-4-8-36(33)45-42(49)54/h3-4,7-8,11-12,28,30-31,34,38,50H,2,5-6,9-10,13-27,29H2,1H3,(H,45,54)/t30?,38-/m1/s1. The summed E-state index contributed by atoms with van der Waals surface area (Å²) in [6.07, 6.45) is 7.87. The Hall–Kier alpha value is -4.33. The molecule has 57 heavy (non-hydrogen) atoms. The number of fused-ring (bicyclic) bond motifs is 1. The fourth-order valence-electron chi connectivity index (χ4n) is 8.79. The maximum atomic E-state index is 14.1. The maximum Gasteiger partial charge on any atom is 0.410 e. The zero-order chi connectivity index (χ0) is 40.3. The van der Waals surface area contributed by atoms with Crippen molar-refractivity contribution < 1.29 is 38.6 Å². The molecule has 1 unspecified atom stereocenters. The molecular weight excluding hydrogens is 794 g/mol. The molecule has 13 nitrogen and oxygen atoms in total. The van der Waals surface area contributed by atoms with Gasteiger partial charge in [-0.15, -0.1) is 0 Å². The highest BCUT2D eigenvalue weighted by Gasteiger charge is 2.36. The minimum atomic E-state index is -1.02. The number of phenols is 1. The van der Waals surface area contributed by atoms with Crippen molar-refractivity contribution in [3.05, 3.63) is 58.1 Å². The summed E-state index contributed by atoms with van der Waals surface area (Å²) >= 11 is 3.37. The first kappa shape index (κ1) is 42.3. The van der Waals surface area contributed by atoms with E-state index in [-0.39, 0.29) is 54.9 Å². The number of benzene rings is 2. The number of halogens is 1. The van der Waals surface area contributed by atoms with Crippen LogP contribution in [0, 0.1) is 11.8 Å². The van der Waals surface area contributed by atoms with E-state index in [1.165, 1.54) is 0 Å². The predicted octanol–water partition coefficient (Wildman–Crippen LogP) is 6.75. The van der Waals surface area contributed by atoms with Crippen LogP contribution in [0.15, 0.2) is 46.9 Å². The number of amides is 5. The molecule has 3 saturated heterocycles. The molecule has 310 valence electrons. The van der Waals surface area contributed by atoms with E-state index in [1.807, 2.05) is 39.0 Å². The Morgan fingerprint density at radius 3 is 2.25 bits per heavy atom. The van der Waals surface area contributed by atoms with Crippen LogP contribution < -0.4 is 5.32 Å². The molecule has 14 heteroatoms. The van der Waals surface area contributed by atoms with E-state index >= 15 is 0 Å². The monoisotopic (exact) mass is 851 g/mol. The summed E-state index contributed by atoms with van der Waals surface area (Å²) in [5.74, 6) is 0.621. The van der Waals surface area contributed by atoms with Crippen LogP contribution in [-0.4, -0.2) is 119 Å². The van der Waals surface area contributed by atoms with Crippen molar-refractivity contribution in [3.63, 3.8) is 0 Å². The number of carbonyl (C=O) groups is 5. The highest BCUT2D eigenvalue weighted by Crippen LogP contribution is 2.31. The highest BCUT2D eigenvalue weighted by atomic mass is 79.9. The first-order chi connectivity index (χ1) is 27.6. The number of likely N-dealkylation sites (tertiary alicyclic amines) is 3. The molecule has 0 bridgehead atoms. The summed E-state index contributed by atoms with van der Waals surface area (Å²) in [4.78, 5) is 72.6. The minimum Gasteiger partial charge on any atom is -0.507 e. The van der Waals surface area contributed by atoms with E-state index in [9.17, 15) is 29.1 Å². The summed E-state index contributed by atoms with van der Waals surface area (Å²) in [6.45, 7) is 6.17. The molecule has 6 rings (SSSR count). The average molecular weight is 853 g/mol. The molecule has 4 heterocycles. The number of hydrogen-bond donors (Lipinski definition) is 2. The van der Waals surface area contributed by atoms with Crippen LogP contribution in [0.2, 0.25) is 0 Å². The summed E-state index contributed by atoms with van der Waals surface area (Å²) in [6, 6.07) is 12.8. The number of nitrogens with zero attached hydrogens (tertiary/aromatic N) is 4. The van der Waals surface area contributed by atoms with Gasteiger partial charge in [0, 0.05) is 70.4 Å². The Labute approximate surface area is 344 Å². The molecule has 2 N–H and O–H groups in total. The molecule has 4 aliphatic rings. The van der Waals surface area contributed by atoms with Crippen LogP contribution in [0.3, 0.4) is 0 Å². The van der Waals surface area contributed by atoms with Gasteiger partial charge >= 0.3 is 18.1 Å². The van der Waals surface area contributed by atoms with Gasteiger partial charge in [-0.1, -0.05) is 37.1 Å². The fraction of sp³-hybridized carbons (Fsp3) is 0.605. The number of aromatic hydroxyl groups is 1. The molecular formula is C43H58BrN5O8. The number of urea groups is 1. The third-order valence-electron chi connectivity index (χ3n) is 12.2. The lowest BCUT2D eigenvalue weighted by molar-refractivity contribution is -0.145. The van der Waals surface area contributed by atoms with E-state index < -0.39 is 12.2 Å². The Morgan fingerprint density at radius 2 is 1.53 bits per heavy atom. The molecule has 0 radical (unpaired) electrons. The Morgan fingerprint density at radius 1 is 0.842 bits per heavy atom. The maximum absolute atomic E-state index is 14.1. The van der Waals surface area contributed by atoms with Crippen molar-refractivity contribution in [3.8, 4) is 5.75 Å². The normalized spacial score (nSPS) is 20.2. The average Bonchev–Trinajstić information content (AvgIpc) is 3.56. The Bertz CT molecular complexity index is 1730. The van der Waals surface area contributed by atoms with Gasteiger partial charge in [0.2, 0.25) is 5.91 Å². The molecule has 0 aliphatic carbocycles. The van der Waals surface area contributed by atoms with Crippen molar-refractivity contribution in [2.75, 3.05) is 57.7 Å². The number of para-hydroxylation sites is 1. The van der Waals surface area contributed by atoms with Crippen LogP contribution in [0.1, 0.15) is 88.7 Å². The zero-order valence-corrected chi connectivity index (χ0v) is 34.8. The first-order valence-corrected chi connectivity index (χ1v) is 21.7. The number of piperidine rings is 2. The summed E-state index contributed by atoms with van der Waals surface area (Å²) in [5.41, 5.74) is 2.71. The van der Waals surface area contributed by atoms with Gasteiger partial charge in [0.15, 0.2) is 6.10 Å². The van der Waals surface area contributed by atoms with E-state index in [0.29, 0.717) is 68.5 Å². The third-order valence-corrected chi connectivity index (χ3v) is 12.9. The largest absolute Gasteiger partial charge is 0.507 e. The number of rotatable bonds is 12. The van der Waals surface area contributed by atoms with Crippen LogP contribution >= 0.6 is 15.9 Å². The number of carbonyl (C=O) groups excluding carboxylic acids is 5. The zero-order valence-electron chi connectivity index (χ0n) is 33.2. The number of anilines is 1. The van der Waals surface area contributed by atoms with Crippen molar-refractivity contribution in [1.29, 1.82) is 0 Å². The summed E-state index contributed by atoms with van der Waals surface area (Å²) < 4.78 is 11.5. The van der Waals surface area contributed by atoms with E-state index in [0.717, 1.165) is 81.3 Å². The van der Waals surface area contributed by atoms with Gasteiger partial charge < -0.3 is 39.5 Å². The van der Waals surface area contributed by atoms with Gasteiger partial charge in [0.1, 0.15) is 5.75 Å². The molecule has 3 fully saturated rings. The van der Waals surface area contributed by atoms with Crippen molar-refractivity contribution >= 4 is 51.5 Å². The lowest BCUT2D eigenvalue weighted by atomic mass is 9.86. The summed E-state index contributed by atoms with van der Waals surface area (Å²) in [5, 5.41) is 13.1. The van der Waals surface area contributed by atoms with Gasteiger partial charge in [-0.2, -0.15) is 0 Å². The molecule has 2 atom stereocenters. The van der Waals surface area contributed by atoms with Gasteiger partial charge in [-0.05, 0) is 115 Å². The van der Waals surface area contributed by atoms with Gasteiger partial charge in [-0.25, -0.2) is 9.59 Å². The van der Waals surface area contributed by atoms with Crippen LogP contribution in [0.4, 0.5) is 15.3 Å². The second kappa shape index (κ2) is 20.4. The molecule has 5 amide bonds. The molecule has 0 saturated carbocycles. The molecule has 2 aromatic carbocycles. The van der Waals surface area contributed by atoms with Crippen molar-refractivity contribution in [2.24, 2.45) is 11.8 Å². The molecule has 0 aromatic heterocycles. The SMILES string of the molecule is CCOC(=O)CCC(=O)N1CCCC(CCC2CCN(C(=O)[C@@H](Cc3ccc(O)c(Br)c3)OC(=O)N3CCC(N4CCc5ccccc5NC4=O)CC3)CC2)CC1. The van der Waals surface area contributed by atoms with Crippen LogP contribution in [-0.2, 0) is 36.7 Å². The van der Waals surface area contributed by atoms with Crippen molar-refractivity contribution in [2.45, 2.75) is 103 Å². The highest BCUT2D eigenvalue weighted by molar-refractivity contribution is 9.10. The number of hydrogen-bond acceptors (Lipinski definition) is 8. The van der Waals surface area contributed by atoms with Gasteiger partial charge in [0.25, 0.3) is 5.91 Å². The van der Waals surface area contributed by atoms with E-state index in [1.54, 1.807) is 30.0 Å². The van der Waals surface area contributed by atoms with Crippen LogP contribution in [0.5, 0.6) is 5.75 Å². The Balaban J connectivity index is 0.980. The number of nitrogens with one attached hydrogen (secondary N) is 1. The van der Waals surface area contributed by atoms with Crippen LogP contribution in [0.25, 0.3) is 0 Å². The predicted molar refractivity (Wildman–Crippen MR) is 219 cm³/mol. The molecule has 4 aliphatic heterocycles. The summed E-state index contributed by atoms with van der Waals surface area (Å²) in [7, 11) is 0. The minimum absolute atomic E-state index is 0.00744.